The Balaban J connectivity index is 1.64. The Morgan fingerprint density at radius 2 is 1.88 bits per heavy atom. The minimum Gasteiger partial charge on any atom is -0.320 e. The number of rotatable bonds is 3. The number of benzene rings is 1. The van der Waals surface area contributed by atoms with Crippen LogP contribution >= 0.6 is 0 Å². The number of nitrogens with zero attached hydrogens (tertiary/aromatic N) is 4. The zero-order valence-corrected chi connectivity index (χ0v) is 13.2. The largest absolute Gasteiger partial charge is 0.416 e. The minimum absolute atomic E-state index is 0.298. The summed E-state index contributed by atoms with van der Waals surface area (Å²) in [7, 11) is 1.90. The molecule has 0 aliphatic carbocycles. The fraction of sp³-hybridized carbons (Fsp3) is 0.500. The van der Waals surface area contributed by atoms with Crippen molar-refractivity contribution in [1.29, 1.82) is 0 Å². The highest BCUT2D eigenvalue weighted by molar-refractivity contribution is 5.27. The van der Waals surface area contributed by atoms with Gasteiger partial charge in [-0.2, -0.15) is 13.2 Å². The van der Waals surface area contributed by atoms with Crippen molar-refractivity contribution in [2.75, 3.05) is 13.1 Å². The van der Waals surface area contributed by atoms with Crippen LogP contribution in [-0.2, 0) is 19.8 Å². The van der Waals surface area contributed by atoms with Crippen molar-refractivity contribution >= 4 is 0 Å². The summed E-state index contributed by atoms with van der Waals surface area (Å²) in [6, 6.07) is 2.73. The number of piperidine rings is 1. The van der Waals surface area contributed by atoms with E-state index < -0.39 is 17.6 Å². The van der Waals surface area contributed by atoms with Gasteiger partial charge in [0.25, 0.3) is 0 Å². The van der Waals surface area contributed by atoms with Gasteiger partial charge in [0.2, 0.25) is 0 Å². The fourth-order valence-corrected chi connectivity index (χ4v) is 3.17. The topological polar surface area (TPSA) is 34.0 Å². The van der Waals surface area contributed by atoms with E-state index in [1.54, 1.807) is 6.33 Å². The zero-order valence-electron chi connectivity index (χ0n) is 13.2. The van der Waals surface area contributed by atoms with Gasteiger partial charge in [-0.1, -0.05) is 0 Å². The molecule has 0 spiro atoms. The number of aromatic nitrogens is 3. The van der Waals surface area contributed by atoms with Crippen LogP contribution in [0, 0.1) is 5.82 Å². The molecule has 1 saturated heterocycles. The third kappa shape index (κ3) is 3.75. The van der Waals surface area contributed by atoms with Gasteiger partial charge in [-0.15, -0.1) is 10.2 Å². The lowest BCUT2D eigenvalue weighted by Gasteiger charge is -2.31. The van der Waals surface area contributed by atoms with Crippen LogP contribution in [0.2, 0.25) is 0 Å². The first kappa shape index (κ1) is 16.9. The molecule has 3 rings (SSSR count). The SMILES string of the molecule is Cn1cnnc1C1CCN(Cc2cc(F)cc(C(F)(F)F)c2)CC1. The molecule has 2 heterocycles. The molecule has 1 aliphatic heterocycles. The second-order valence-electron chi connectivity index (χ2n) is 6.20. The van der Waals surface area contributed by atoms with Gasteiger partial charge in [-0.3, -0.25) is 4.90 Å². The molecule has 0 amide bonds. The van der Waals surface area contributed by atoms with E-state index in [4.69, 9.17) is 0 Å². The average molecular weight is 342 g/mol. The van der Waals surface area contributed by atoms with Crippen molar-refractivity contribution in [2.24, 2.45) is 7.05 Å². The molecule has 130 valence electrons. The standard InChI is InChI=1S/C16H18F4N4/c1-23-10-21-22-15(23)12-2-4-24(5-3-12)9-11-6-13(16(18,19)20)8-14(17)7-11/h6-8,10,12H,2-5,9H2,1H3. The lowest BCUT2D eigenvalue weighted by molar-refractivity contribution is -0.137. The third-order valence-electron chi connectivity index (χ3n) is 4.39. The molecule has 1 aliphatic rings. The van der Waals surface area contributed by atoms with Gasteiger partial charge in [0, 0.05) is 19.5 Å². The maximum absolute atomic E-state index is 13.5. The van der Waals surface area contributed by atoms with Gasteiger partial charge >= 0.3 is 6.18 Å². The van der Waals surface area contributed by atoms with Crippen molar-refractivity contribution in [3.05, 3.63) is 47.3 Å². The van der Waals surface area contributed by atoms with Crippen molar-refractivity contribution in [2.45, 2.75) is 31.5 Å². The van der Waals surface area contributed by atoms with Gasteiger partial charge in [0.05, 0.1) is 5.56 Å². The van der Waals surface area contributed by atoms with E-state index in [1.807, 2.05) is 16.5 Å². The number of hydrogen-bond acceptors (Lipinski definition) is 3. The fourth-order valence-electron chi connectivity index (χ4n) is 3.17. The maximum atomic E-state index is 13.5. The van der Waals surface area contributed by atoms with Crippen molar-refractivity contribution < 1.29 is 17.6 Å². The maximum Gasteiger partial charge on any atom is 0.416 e. The van der Waals surface area contributed by atoms with E-state index in [9.17, 15) is 17.6 Å². The Kier molecular flexibility index (Phi) is 4.58. The first-order valence-electron chi connectivity index (χ1n) is 7.76. The van der Waals surface area contributed by atoms with Crippen LogP contribution in [-0.4, -0.2) is 32.8 Å². The Hall–Kier alpha value is -1.96. The molecule has 2 aromatic rings. The molecule has 4 nitrogen and oxygen atoms in total. The summed E-state index contributed by atoms with van der Waals surface area (Å²) in [6.07, 6.45) is -1.16. The highest BCUT2D eigenvalue weighted by Crippen LogP contribution is 2.31. The summed E-state index contributed by atoms with van der Waals surface area (Å²) in [5, 5.41) is 8.00. The predicted octanol–water partition coefficient (Wildman–Crippen LogP) is 3.35. The normalized spacial score (nSPS) is 17.4. The first-order valence-corrected chi connectivity index (χ1v) is 7.76. The van der Waals surface area contributed by atoms with Gasteiger partial charge in [-0.25, -0.2) is 4.39 Å². The molecule has 0 radical (unpaired) electrons. The van der Waals surface area contributed by atoms with Gasteiger partial charge < -0.3 is 4.57 Å². The van der Waals surface area contributed by atoms with Crippen LogP contribution in [0.3, 0.4) is 0 Å². The summed E-state index contributed by atoms with van der Waals surface area (Å²) < 4.78 is 53.7. The van der Waals surface area contributed by atoms with Crippen molar-refractivity contribution in [3.8, 4) is 0 Å². The van der Waals surface area contributed by atoms with E-state index in [0.717, 1.165) is 37.8 Å². The number of hydrogen-bond donors (Lipinski definition) is 0. The molecule has 0 unspecified atom stereocenters. The molecule has 0 bridgehead atoms. The van der Waals surface area contributed by atoms with E-state index in [2.05, 4.69) is 10.2 Å². The Bertz CT molecular complexity index is 702. The summed E-state index contributed by atoms with van der Waals surface area (Å²) in [5.74, 6) is 0.376. The Morgan fingerprint density at radius 3 is 2.46 bits per heavy atom. The monoisotopic (exact) mass is 342 g/mol. The van der Waals surface area contributed by atoms with Crippen LogP contribution in [0.25, 0.3) is 0 Å². The van der Waals surface area contributed by atoms with E-state index in [-0.39, 0.29) is 0 Å². The van der Waals surface area contributed by atoms with Gasteiger partial charge in [0.1, 0.15) is 18.0 Å². The molecule has 0 saturated carbocycles. The molecule has 1 aromatic heterocycles. The Morgan fingerprint density at radius 1 is 1.17 bits per heavy atom. The first-order chi connectivity index (χ1) is 11.3. The summed E-state index contributed by atoms with van der Waals surface area (Å²) in [5.41, 5.74) is -0.592. The average Bonchev–Trinajstić information content (AvgIpc) is 2.93. The molecule has 1 fully saturated rings. The number of likely N-dealkylation sites (tertiary alicyclic amines) is 1. The second-order valence-corrected chi connectivity index (χ2v) is 6.20. The minimum atomic E-state index is -4.53. The van der Waals surface area contributed by atoms with E-state index in [1.165, 1.54) is 6.07 Å². The Labute approximate surface area is 137 Å². The molecule has 0 atom stereocenters. The molecule has 0 N–H and O–H groups in total. The smallest absolute Gasteiger partial charge is 0.320 e. The number of aryl methyl sites for hydroxylation is 1. The third-order valence-corrected chi connectivity index (χ3v) is 4.39. The van der Waals surface area contributed by atoms with Crippen LogP contribution in [0.5, 0.6) is 0 Å². The number of alkyl halides is 3. The predicted molar refractivity (Wildman–Crippen MR) is 79.7 cm³/mol. The summed E-state index contributed by atoms with van der Waals surface area (Å²) >= 11 is 0. The molecule has 1 aromatic carbocycles. The van der Waals surface area contributed by atoms with E-state index >= 15 is 0 Å². The highest BCUT2D eigenvalue weighted by atomic mass is 19.4. The van der Waals surface area contributed by atoms with Crippen LogP contribution in [0.1, 0.15) is 35.7 Å². The molecular formula is C16H18F4N4. The molecule has 8 heteroatoms. The van der Waals surface area contributed by atoms with Crippen molar-refractivity contribution in [3.63, 3.8) is 0 Å². The summed E-state index contributed by atoms with van der Waals surface area (Å²) in [4.78, 5) is 2.04. The van der Waals surface area contributed by atoms with Gasteiger partial charge in [-0.05, 0) is 49.7 Å². The zero-order chi connectivity index (χ0) is 17.3. The number of halogens is 4. The van der Waals surface area contributed by atoms with Crippen LogP contribution in [0.15, 0.2) is 24.5 Å². The van der Waals surface area contributed by atoms with E-state index in [0.29, 0.717) is 24.1 Å². The lowest BCUT2D eigenvalue weighted by Crippen LogP contribution is -2.33. The quantitative estimate of drug-likeness (QED) is 0.802. The van der Waals surface area contributed by atoms with Crippen LogP contribution in [0.4, 0.5) is 17.6 Å². The highest BCUT2D eigenvalue weighted by Gasteiger charge is 2.31. The van der Waals surface area contributed by atoms with Gasteiger partial charge in [0.15, 0.2) is 0 Å². The lowest BCUT2D eigenvalue weighted by atomic mass is 9.95. The van der Waals surface area contributed by atoms with Crippen molar-refractivity contribution in [1.82, 2.24) is 19.7 Å². The molecule has 24 heavy (non-hydrogen) atoms. The summed E-state index contributed by atoms with van der Waals surface area (Å²) in [6.45, 7) is 1.77. The molecular weight excluding hydrogens is 324 g/mol. The second kappa shape index (κ2) is 6.51. The van der Waals surface area contributed by atoms with Crippen LogP contribution < -0.4 is 0 Å².